The molecular formula is C31H41N7O3. The van der Waals surface area contributed by atoms with E-state index in [0.29, 0.717) is 31.9 Å². The number of urea groups is 1. The van der Waals surface area contributed by atoms with Gasteiger partial charge < -0.3 is 32.2 Å². The second kappa shape index (κ2) is 13.8. The minimum atomic E-state index is -0.303. The molecule has 2 aromatic carbocycles. The highest BCUT2D eigenvalue weighted by Crippen LogP contribution is 2.28. The molecule has 0 bridgehead atoms. The number of carbonyl (C=O) groups excluding carboxylic acids is 2. The van der Waals surface area contributed by atoms with Crippen molar-refractivity contribution in [3.63, 3.8) is 0 Å². The van der Waals surface area contributed by atoms with Gasteiger partial charge in [0.1, 0.15) is 6.17 Å². The lowest BCUT2D eigenvalue weighted by Gasteiger charge is -2.29. The molecule has 10 heteroatoms. The first kappa shape index (κ1) is 28.8. The van der Waals surface area contributed by atoms with Crippen LogP contribution in [0.1, 0.15) is 47.2 Å². The average Bonchev–Trinajstić information content (AvgIpc) is 3.42. The van der Waals surface area contributed by atoms with Gasteiger partial charge in [0.15, 0.2) is 0 Å². The molecule has 1 unspecified atom stereocenters. The standard InChI is InChI=1S/C31H41N7O3/c32-13-1-15-37(16-2-14-33)20-22-3-9-27(10-4-22)38-21-25-19-28(35-29(25)36-31(38)40)23-5-7-24(8-6-23)30(39)34-26-11-17-41-18-12-26/h3-10,19,21,26,29,35H,1-2,11-18,20,32-33H2,(H,34,39)(H,36,40). The van der Waals surface area contributed by atoms with Gasteiger partial charge >= 0.3 is 6.03 Å². The molecule has 3 heterocycles. The van der Waals surface area contributed by atoms with Crippen LogP contribution in [0.3, 0.4) is 0 Å². The van der Waals surface area contributed by atoms with Gasteiger partial charge in [0.25, 0.3) is 5.91 Å². The van der Waals surface area contributed by atoms with Gasteiger partial charge in [-0.3, -0.25) is 14.6 Å². The number of fused-ring (bicyclic) bond motifs is 1. The van der Waals surface area contributed by atoms with E-state index in [0.717, 1.165) is 67.8 Å². The molecular weight excluding hydrogens is 518 g/mol. The quantitative estimate of drug-likeness (QED) is 0.269. The van der Waals surface area contributed by atoms with Crippen molar-refractivity contribution >= 4 is 23.3 Å². The van der Waals surface area contributed by atoms with Crippen molar-refractivity contribution in [1.82, 2.24) is 20.9 Å². The summed E-state index contributed by atoms with van der Waals surface area (Å²) in [5.41, 5.74) is 16.8. The Kier molecular flexibility index (Phi) is 9.68. The van der Waals surface area contributed by atoms with Crippen molar-refractivity contribution in [2.75, 3.05) is 44.3 Å². The molecule has 3 aliphatic heterocycles. The molecule has 0 radical (unpaired) electrons. The molecule has 7 N–H and O–H groups in total. The predicted molar refractivity (Wildman–Crippen MR) is 161 cm³/mol. The Bertz CT molecular complexity index is 1250. The molecule has 41 heavy (non-hydrogen) atoms. The maximum absolute atomic E-state index is 13.0. The lowest BCUT2D eigenvalue weighted by Crippen LogP contribution is -2.51. The van der Waals surface area contributed by atoms with Gasteiger partial charge in [0, 0.05) is 48.8 Å². The number of nitrogens with zero attached hydrogens (tertiary/aromatic N) is 2. The van der Waals surface area contributed by atoms with Gasteiger partial charge in [-0.1, -0.05) is 24.3 Å². The van der Waals surface area contributed by atoms with Crippen LogP contribution in [0.15, 0.2) is 66.4 Å². The summed E-state index contributed by atoms with van der Waals surface area (Å²) < 4.78 is 5.37. The van der Waals surface area contributed by atoms with E-state index >= 15 is 0 Å². The van der Waals surface area contributed by atoms with Crippen LogP contribution in [0, 0.1) is 0 Å². The zero-order valence-corrected chi connectivity index (χ0v) is 23.5. The zero-order chi connectivity index (χ0) is 28.6. The molecule has 1 fully saturated rings. The number of hydrogen-bond acceptors (Lipinski definition) is 7. The minimum absolute atomic E-state index is 0.0686. The van der Waals surface area contributed by atoms with Crippen LogP contribution in [-0.2, 0) is 11.3 Å². The molecule has 5 rings (SSSR count). The number of rotatable bonds is 12. The summed E-state index contributed by atoms with van der Waals surface area (Å²) in [7, 11) is 0. The van der Waals surface area contributed by atoms with E-state index in [-0.39, 0.29) is 24.1 Å². The number of carbonyl (C=O) groups is 2. The molecule has 0 aliphatic carbocycles. The van der Waals surface area contributed by atoms with Crippen molar-refractivity contribution in [1.29, 1.82) is 0 Å². The molecule has 0 spiro atoms. The second-order valence-electron chi connectivity index (χ2n) is 10.7. The van der Waals surface area contributed by atoms with Crippen molar-refractivity contribution in [3.05, 3.63) is 83.1 Å². The maximum atomic E-state index is 13.0. The topological polar surface area (TPSA) is 138 Å². The van der Waals surface area contributed by atoms with Crippen LogP contribution < -0.4 is 32.3 Å². The smallest absolute Gasteiger partial charge is 0.327 e. The molecule has 10 nitrogen and oxygen atoms in total. The summed E-state index contributed by atoms with van der Waals surface area (Å²) in [6, 6.07) is 15.6. The van der Waals surface area contributed by atoms with Gasteiger partial charge in [0.2, 0.25) is 0 Å². The van der Waals surface area contributed by atoms with Crippen molar-refractivity contribution in [2.45, 2.75) is 44.4 Å². The Hall–Kier alpha value is -3.70. The molecule has 0 aromatic heterocycles. The largest absolute Gasteiger partial charge is 0.381 e. The number of hydrogen-bond donors (Lipinski definition) is 5. The lowest BCUT2D eigenvalue weighted by atomic mass is 10.1. The summed E-state index contributed by atoms with van der Waals surface area (Å²) in [4.78, 5) is 29.7. The van der Waals surface area contributed by atoms with E-state index < -0.39 is 0 Å². The Morgan fingerprint density at radius 1 is 0.976 bits per heavy atom. The summed E-state index contributed by atoms with van der Waals surface area (Å²) in [5.74, 6) is -0.0686. The molecule has 1 saturated heterocycles. The fraction of sp³-hybridized carbons (Fsp3) is 0.419. The summed E-state index contributed by atoms with van der Waals surface area (Å²) in [5, 5.41) is 9.53. The highest BCUT2D eigenvalue weighted by molar-refractivity contribution is 5.97. The molecule has 3 amide bonds. The Morgan fingerprint density at radius 2 is 1.66 bits per heavy atom. The number of nitrogens with one attached hydrogen (secondary N) is 3. The first-order chi connectivity index (χ1) is 20.0. The van der Waals surface area contributed by atoms with Crippen LogP contribution in [0.2, 0.25) is 0 Å². The van der Waals surface area contributed by atoms with Crippen LogP contribution >= 0.6 is 0 Å². The molecule has 218 valence electrons. The lowest BCUT2D eigenvalue weighted by molar-refractivity contribution is 0.0696. The van der Waals surface area contributed by atoms with E-state index in [1.54, 1.807) is 4.90 Å². The third-order valence-corrected chi connectivity index (χ3v) is 7.70. The third-order valence-electron chi connectivity index (χ3n) is 7.70. The first-order valence-corrected chi connectivity index (χ1v) is 14.5. The van der Waals surface area contributed by atoms with Crippen LogP contribution in [-0.4, -0.2) is 68.4 Å². The van der Waals surface area contributed by atoms with E-state index in [2.05, 4.69) is 33.0 Å². The van der Waals surface area contributed by atoms with E-state index in [4.69, 9.17) is 16.2 Å². The highest BCUT2D eigenvalue weighted by atomic mass is 16.5. The molecule has 0 saturated carbocycles. The van der Waals surface area contributed by atoms with Crippen LogP contribution in [0.25, 0.3) is 5.70 Å². The minimum Gasteiger partial charge on any atom is -0.381 e. The van der Waals surface area contributed by atoms with Gasteiger partial charge in [-0.25, -0.2) is 4.79 Å². The third kappa shape index (κ3) is 7.34. The van der Waals surface area contributed by atoms with Crippen molar-refractivity contribution < 1.29 is 14.3 Å². The maximum Gasteiger partial charge on any atom is 0.327 e. The molecule has 3 aliphatic rings. The predicted octanol–water partition coefficient (Wildman–Crippen LogP) is 2.48. The SMILES string of the molecule is NCCCN(CCCN)Cc1ccc(N2C=C3C=C(c4ccc(C(=O)NC5CCOCC5)cc4)NC3NC2=O)cc1. The van der Waals surface area contributed by atoms with Gasteiger partial charge in [-0.15, -0.1) is 0 Å². The Morgan fingerprint density at radius 3 is 2.32 bits per heavy atom. The summed E-state index contributed by atoms with van der Waals surface area (Å²) >= 11 is 0. The fourth-order valence-electron chi connectivity index (χ4n) is 5.35. The number of nitrogens with two attached hydrogens (primary N) is 2. The highest BCUT2D eigenvalue weighted by Gasteiger charge is 2.31. The second-order valence-corrected chi connectivity index (χ2v) is 10.7. The summed E-state index contributed by atoms with van der Waals surface area (Å²) in [6.45, 7) is 5.41. The van der Waals surface area contributed by atoms with E-state index in [1.165, 1.54) is 5.56 Å². The van der Waals surface area contributed by atoms with E-state index in [1.807, 2.05) is 48.7 Å². The Balaban J connectivity index is 1.23. The average molecular weight is 560 g/mol. The molecule has 1 atom stereocenters. The van der Waals surface area contributed by atoms with Gasteiger partial charge in [-0.2, -0.15) is 0 Å². The zero-order valence-electron chi connectivity index (χ0n) is 23.5. The monoisotopic (exact) mass is 559 g/mol. The normalized spacial score (nSPS) is 18.9. The van der Waals surface area contributed by atoms with Crippen LogP contribution in [0.4, 0.5) is 10.5 Å². The van der Waals surface area contributed by atoms with Crippen LogP contribution in [0.5, 0.6) is 0 Å². The molecule has 2 aromatic rings. The number of amides is 3. The number of ether oxygens (including phenoxy) is 1. The van der Waals surface area contributed by atoms with Crippen molar-refractivity contribution in [2.24, 2.45) is 11.5 Å². The number of benzene rings is 2. The van der Waals surface area contributed by atoms with Gasteiger partial charge in [-0.05, 0) is 93.3 Å². The Labute approximate surface area is 241 Å². The fourth-order valence-corrected chi connectivity index (χ4v) is 5.35. The number of anilines is 1. The summed E-state index contributed by atoms with van der Waals surface area (Å²) in [6.07, 6.45) is 7.19. The van der Waals surface area contributed by atoms with Gasteiger partial charge in [0.05, 0.1) is 5.69 Å². The van der Waals surface area contributed by atoms with Crippen molar-refractivity contribution in [3.8, 4) is 0 Å². The van der Waals surface area contributed by atoms with E-state index in [9.17, 15) is 9.59 Å². The first-order valence-electron chi connectivity index (χ1n) is 14.5.